The fourth-order valence-corrected chi connectivity index (χ4v) is 5.11. The molecule has 45 heavy (non-hydrogen) atoms. The van der Waals surface area contributed by atoms with Crippen LogP contribution in [0.15, 0.2) is 0 Å². The average molecular weight is 643 g/mol. The molecule has 0 rings (SSSR count). The van der Waals surface area contributed by atoms with Crippen LogP contribution < -0.4 is 11.1 Å². The van der Waals surface area contributed by atoms with Crippen molar-refractivity contribution in [3.8, 4) is 0 Å². The molecular formula is C37H74N2O6. The van der Waals surface area contributed by atoms with E-state index in [-0.39, 0.29) is 11.9 Å². The molecule has 0 aromatic rings. The molecule has 0 saturated heterocycles. The molecule has 4 N–H and O–H groups in total. The van der Waals surface area contributed by atoms with Gasteiger partial charge >= 0.3 is 18.0 Å². The number of carbonyl (C=O) groups excluding carboxylic acids is 2. The van der Waals surface area contributed by atoms with E-state index >= 15 is 0 Å². The van der Waals surface area contributed by atoms with Crippen LogP contribution in [0.2, 0.25) is 0 Å². The van der Waals surface area contributed by atoms with E-state index in [0.29, 0.717) is 19.3 Å². The van der Waals surface area contributed by atoms with E-state index in [0.717, 1.165) is 64.2 Å². The number of ether oxygens (including phenoxy) is 2. The summed E-state index contributed by atoms with van der Waals surface area (Å²) in [5, 5.41) is 11.0. The Kier molecular flexibility index (Phi) is 36.9. The fraction of sp³-hybridized carbons (Fsp3) is 0.919. The van der Waals surface area contributed by atoms with Crippen molar-refractivity contribution in [2.45, 2.75) is 220 Å². The second-order valence-corrected chi connectivity index (χ2v) is 12.6. The summed E-state index contributed by atoms with van der Waals surface area (Å²) in [6.07, 6.45) is 28.8. The Bertz CT molecular complexity index is 661. The van der Waals surface area contributed by atoms with Crippen molar-refractivity contribution >= 4 is 18.0 Å². The molecule has 2 atom stereocenters. The molecule has 2 unspecified atom stereocenters. The minimum Gasteiger partial charge on any atom is -0.465 e. The Morgan fingerprint density at radius 1 is 0.511 bits per heavy atom. The number of carboxylic acid groups (broad SMARTS) is 1. The number of esters is 2. The van der Waals surface area contributed by atoms with Crippen LogP contribution in [0.1, 0.15) is 207 Å². The highest BCUT2D eigenvalue weighted by atomic mass is 16.6. The molecule has 268 valence electrons. The number of carbonyl (C=O) groups is 3. The molecule has 0 heterocycles. The molecule has 1 amide bonds. The molecule has 0 bridgehead atoms. The molecule has 0 fully saturated rings. The van der Waals surface area contributed by atoms with Gasteiger partial charge in [-0.25, -0.2) is 4.79 Å². The third-order valence-corrected chi connectivity index (χ3v) is 7.97. The number of hydrogen-bond acceptors (Lipinski definition) is 6. The number of nitrogens with two attached hydrogens (primary N) is 1. The molecule has 8 nitrogen and oxygen atoms in total. The lowest BCUT2D eigenvalue weighted by atomic mass is 10.1. The smallest absolute Gasteiger partial charge is 0.407 e. The third kappa shape index (κ3) is 38.3. The summed E-state index contributed by atoms with van der Waals surface area (Å²) in [6, 6.07) is 0. The Labute approximate surface area is 277 Å². The van der Waals surface area contributed by atoms with E-state index < -0.39 is 18.5 Å². The number of rotatable bonds is 31. The van der Waals surface area contributed by atoms with Crippen molar-refractivity contribution < 1.29 is 29.0 Å². The van der Waals surface area contributed by atoms with Crippen LogP contribution in [0, 0.1) is 0 Å². The molecular weight excluding hydrogens is 568 g/mol. The lowest BCUT2D eigenvalue weighted by Gasteiger charge is -2.17. The van der Waals surface area contributed by atoms with E-state index in [1.54, 1.807) is 0 Å². The maximum absolute atomic E-state index is 11.8. The Morgan fingerprint density at radius 3 is 1.22 bits per heavy atom. The summed E-state index contributed by atoms with van der Waals surface area (Å²) in [7, 11) is 0. The van der Waals surface area contributed by atoms with Crippen LogP contribution in [0.5, 0.6) is 0 Å². The van der Waals surface area contributed by atoms with Crippen molar-refractivity contribution in [2.75, 3.05) is 0 Å². The van der Waals surface area contributed by atoms with E-state index in [9.17, 15) is 14.4 Å². The fourth-order valence-electron chi connectivity index (χ4n) is 5.11. The summed E-state index contributed by atoms with van der Waals surface area (Å²) < 4.78 is 10.4. The van der Waals surface area contributed by atoms with Crippen molar-refractivity contribution in [3.05, 3.63) is 0 Å². The Morgan fingerprint density at radius 2 is 0.844 bits per heavy atom. The van der Waals surface area contributed by atoms with Crippen LogP contribution in [0.3, 0.4) is 0 Å². The number of hydrogen-bond donors (Lipinski definition) is 3. The van der Waals surface area contributed by atoms with Gasteiger partial charge in [0.25, 0.3) is 0 Å². The van der Waals surface area contributed by atoms with Crippen molar-refractivity contribution in [1.82, 2.24) is 5.32 Å². The second kappa shape index (κ2) is 36.6. The number of nitrogens with one attached hydrogen (secondary N) is 1. The lowest BCUT2D eigenvalue weighted by molar-refractivity contribution is -0.151. The van der Waals surface area contributed by atoms with Gasteiger partial charge < -0.3 is 14.6 Å². The van der Waals surface area contributed by atoms with Gasteiger partial charge in [0.15, 0.2) is 12.5 Å². The van der Waals surface area contributed by atoms with Gasteiger partial charge in [-0.3, -0.25) is 20.6 Å². The van der Waals surface area contributed by atoms with E-state index in [1.807, 2.05) is 6.92 Å². The van der Waals surface area contributed by atoms with Gasteiger partial charge in [-0.1, -0.05) is 156 Å². The predicted octanol–water partition coefficient (Wildman–Crippen LogP) is 10.9. The highest BCUT2D eigenvalue weighted by Gasteiger charge is 2.15. The Hall–Kier alpha value is -1.83. The van der Waals surface area contributed by atoms with Crippen LogP contribution in [-0.4, -0.2) is 35.6 Å². The quantitative estimate of drug-likeness (QED) is 0.0390. The Balaban J connectivity index is 0. The maximum atomic E-state index is 11.8. The van der Waals surface area contributed by atoms with Gasteiger partial charge in [0, 0.05) is 19.3 Å². The highest BCUT2D eigenvalue weighted by molar-refractivity contribution is 5.70. The molecule has 0 aliphatic carbocycles. The van der Waals surface area contributed by atoms with Gasteiger partial charge in [-0.15, -0.1) is 0 Å². The van der Waals surface area contributed by atoms with Gasteiger partial charge in [0.1, 0.15) is 0 Å². The first-order valence-electron chi connectivity index (χ1n) is 18.9. The van der Waals surface area contributed by atoms with E-state index in [1.165, 1.54) is 96.3 Å². The largest absolute Gasteiger partial charge is 0.465 e. The molecule has 0 saturated carbocycles. The van der Waals surface area contributed by atoms with Gasteiger partial charge in [0.05, 0.1) is 0 Å². The van der Waals surface area contributed by atoms with Crippen molar-refractivity contribution in [2.24, 2.45) is 5.73 Å². The van der Waals surface area contributed by atoms with Crippen LogP contribution in [-0.2, 0) is 19.1 Å². The topological polar surface area (TPSA) is 128 Å². The minimum absolute atomic E-state index is 0.127. The van der Waals surface area contributed by atoms with Crippen molar-refractivity contribution in [1.29, 1.82) is 0 Å². The predicted molar refractivity (Wildman–Crippen MR) is 187 cm³/mol. The molecule has 0 aliphatic heterocycles. The SMILES string of the molecule is CCCCCCCCCCCCC(=O)OC(CCCC)NC(=O)O.CCCCCCCCCCCCC(=O)OC(N)CCCC. The summed E-state index contributed by atoms with van der Waals surface area (Å²) >= 11 is 0. The van der Waals surface area contributed by atoms with Gasteiger partial charge in [-0.2, -0.15) is 0 Å². The van der Waals surface area contributed by atoms with Gasteiger partial charge in [0.2, 0.25) is 0 Å². The first kappa shape index (κ1) is 45.3. The average Bonchev–Trinajstić information content (AvgIpc) is 3.00. The van der Waals surface area contributed by atoms with Crippen LogP contribution >= 0.6 is 0 Å². The molecule has 0 radical (unpaired) electrons. The zero-order valence-corrected chi connectivity index (χ0v) is 30.0. The summed E-state index contributed by atoms with van der Waals surface area (Å²) in [4.78, 5) is 34.0. The van der Waals surface area contributed by atoms with E-state index in [4.69, 9.17) is 20.3 Å². The molecule has 0 spiro atoms. The maximum Gasteiger partial charge on any atom is 0.407 e. The first-order valence-corrected chi connectivity index (χ1v) is 18.9. The van der Waals surface area contributed by atoms with E-state index in [2.05, 4.69) is 26.1 Å². The van der Waals surface area contributed by atoms with Gasteiger partial charge in [-0.05, 0) is 32.1 Å². The number of unbranched alkanes of at least 4 members (excludes halogenated alkanes) is 20. The van der Waals surface area contributed by atoms with Crippen molar-refractivity contribution in [3.63, 3.8) is 0 Å². The monoisotopic (exact) mass is 643 g/mol. The molecule has 0 aromatic heterocycles. The third-order valence-electron chi connectivity index (χ3n) is 7.97. The zero-order chi connectivity index (χ0) is 33.8. The van der Waals surface area contributed by atoms with Crippen LogP contribution in [0.25, 0.3) is 0 Å². The van der Waals surface area contributed by atoms with Crippen LogP contribution in [0.4, 0.5) is 4.79 Å². The molecule has 0 aliphatic rings. The standard InChI is InChI=1S/C19H37NO4.C18H37NO2/c1-3-5-7-8-9-10-11-12-13-14-16-18(21)24-17(15-6-4-2)20-19(22)23;1-3-5-7-8-9-10-11-12-13-14-16-18(20)21-17(19)15-6-4-2/h17,20H,3-16H2,1-2H3,(H,22,23);17H,3-16,19H2,1-2H3. The number of amides is 1. The first-order chi connectivity index (χ1) is 21.8. The molecule has 0 aromatic carbocycles. The second-order valence-electron chi connectivity index (χ2n) is 12.6. The zero-order valence-electron chi connectivity index (χ0n) is 30.0. The highest BCUT2D eigenvalue weighted by Crippen LogP contribution is 2.13. The molecule has 8 heteroatoms. The summed E-state index contributed by atoms with van der Waals surface area (Å²) in [6.45, 7) is 8.61. The summed E-state index contributed by atoms with van der Waals surface area (Å²) in [5.74, 6) is -0.428. The normalized spacial score (nSPS) is 12.1. The lowest BCUT2D eigenvalue weighted by Crippen LogP contribution is -2.37. The minimum atomic E-state index is -1.15. The summed E-state index contributed by atoms with van der Waals surface area (Å²) in [5.41, 5.74) is 5.74.